The number of allylic oxidation sites excluding steroid dienone is 14. The van der Waals surface area contributed by atoms with E-state index in [9.17, 15) is 25.2 Å². The highest BCUT2D eigenvalue weighted by molar-refractivity contribution is 5.93. The van der Waals surface area contributed by atoms with E-state index in [1.165, 1.54) is 0 Å². The van der Waals surface area contributed by atoms with E-state index in [4.69, 9.17) is 24.7 Å². The lowest BCUT2D eigenvalue weighted by Gasteiger charge is -2.43. The van der Waals surface area contributed by atoms with Crippen molar-refractivity contribution >= 4 is 5.91 Å². The highest BCUT2D eigenvalue weighted by Gasteiger charge is 2.45. The third-order valence-corrected chi connectivity index (χ3v) is 10.0. The van der Waals surface area contributed by atoms with Gasteiger partial charge in [-0.2, -0.15) is 0 Å². The zero-order chi connectivity index (χ0) is 40.7. The Morgan fingerprint density at radius 2 is 1.56 bits per heavy atom. The lowest BCUT2D eigenvalue weighted by atomic mass is 9.96. The van der Waals surface area contributed by atoms with Crippen LogP contribution in [0.5, 0.6) is 0 Å². The van der Waals surface area contributed by atoms with Gasteiger partial charge in [0.2, 0.25) is 5.91 Å². The molecule has 11 nitrogen and oxygen atoms in total. The van der Waals surface area contributed by atoms with Gasteiger partial charge in [-0.05, 0) is 52.9 Å². The van der Waals surface area contributed by atoms with Crippen LogP contribution >= 0.6 is 0 Å². The van der Waals surface area contributed by atoms with Crippen LogP contribution in [0.1, 0.15) is 68.2 Å². The molecule has 12 atom stereocenters. The maximum atomic E-state index is 13.3. The molecule has 3 aliphatic rings. The molecular formula is C44H66N2O9. The first-order chi connectivity index (χ1) is 26.0. The maximum absolute atomic E-state index is 13.3. The molecule has 55 heavy (non-hydrogen) atoms. The summed E-state index contributed by atoms with van der Waals surface area (Å²) < 4.78 is 23.6. The summed E-state index contributed by atoms with van der Waals surface area (Å²) >= 11 is 0. The fourth-order valence-corrected chi connectivity index (χ4v) is 6.25. The average molecular weight is 767 g/mol. The molecule has 0 aromatic carbocycles. The largest absolute Gasteiger partial charge is 0.388 e. The molecule has 1 amide bonds. The summed E-state index contributed by atoms with van der Waals surface area (Å²) in [5.74, 6) is 0.438. The summed E-state index contributed by atoms with van der Waals surface area (Å²) in [6, 6.07) is -1.07. The Bertz CT molecular complexity index is 1520. The molecule has 3 rings (SSSR count). The summed E-state index contributed by atoms with van der Waals surface area (Å²) in [7, 11) is 0. The van der Waals surface area contributed by atoms with Crippen molar-refractivity contribution in [1.29, 1.82) is 0 Å². The van der Waals surface area contributed by atoms with Crippen molar-refractivity contribution in [3.63, 3.8) is 0 Å². The molecule has 0 bridgehead atoms. The van der Waals surface area contributed by atoms with Crippen molar-refractivity contribution in [3.8, 4) is 0 Å². The van der Waals surface area contributed by atoms with Crippen LogP contribution < -0.4 is 11.1 Å². The highest BCUT2D eigenvalue weighted by Crippen LogP contribution is 2.27. The molecule has 0 spiro atoms. The average Bonchev–Trinajstić information content (AvgIpc) is 3.13. The van der Waals surface area contributed by atoms with E-state index in [-0.39, 0.29) is 25.0 Å². The number of amides is 1. The summed E-state index contributed by atoms with van der Waals surface area (Å²) in [4.78, 5) is 13.3. The molecule has 0 radical (unpaired) electrons. The zero-order valence-electron chi connectivity index (χ0n) is 33.9. The van der Waals surface area contributed by atoms with Crippen LogP contribution in [-0.2, 0) is 23.7 Å². The van der Waals surface area contributed by atoms with E-state index in [0.717, 1.165) is 28.7 Å². The van der Waals surface area contributed by atoms with E-state index in [1.54, 1.807) is 44.2 Å². The third kappa shape index (κ3) is 15.0. The number of hydrogen-bond donors (Lipinski definition) is 6. The predicted octanol–water partition coefficient (Wildman–Crippen LogP) is 4.81. The molecule has 3 heterocycles. The fraction of sp³-hybridized carbons (Fsp3) is 0.568. The van der Waals surface area contributed by atoms with Crippen LogP contribution in [0.3, 0.4) is 0 Å². The monoisotopic (exact) mass is 766 g/mol. The molecule has 2 saturated heterocycles. The van der Waals surface area contributed by atoms with Crippen molar-refractivity contribution in [1.82, 2.24) is 5.32 Å². The molecule has 0 aromatic heterocycles. The van der Waals surface area contributed by atoms with Gasteiger partial charge in [-0.25, -0.2) is 0 Å². The second-order valence-corrected chi connectivity index (χ2v) is 15.4. The maximum Gasteiger partial charge on any atom is 0.247 e. The molecule has 3 aliphatic heterocycles. The van der Waals surface area contributed by atoms with Gasteiger partial charge in [0.15, 0.2) is 6.29 Å². The van der Waals surface area contributed by atoms with Crippen molar-refractivity contribution in [2.45, 2.75) is 129 Å². The standard InChI is InChI=1S/C44H66N2O9/c1-9-28(2)23-34-24-31(5)17-11-10-14-21-44(8,51)37(20-13-12-16-29(3)18-15-19-30(4)22-32(6)25-46-42(34)50)55-43-38(45)40(48)35(27-53-43)54-36-26-52-33(7)39(47)41(36)49/h10-22,24,28,32-33,35-41,43,47-49,51H,9,23,25-27,45H2,1-8H3,(H,46,50)/b11-10+,16-12+,19-15+,20-13+,21-14+,29-18-,30-22-,31-17-,34-24-/t28-,32-,33?,35?,36?,37?,38?,39-,40-,41?,43?,44+/m0/s1. The summed E-state index contributed by atoms with van der Waals surface area (Å²) in [6.07, 6.45) is 19.8. The quantitative estimate of drug-likeness (QED) is 0.211. The van der Waals surface area contributed by atoms with Gasteiger partial charge in [0, 0.05) is 12.1 Å². The molecule has 0 aliphatic carbocycles. The van der Waals surface area contributed by atoms with Crippen LogP contribution in [-0.4, -0.2) is 107 Å². The smallest absolute Gasteiger partial charge is 0.247 e. The molecule has 0 saturated carbocycles. The summed E-state index contributed by atoms with van der Waals surface area (Å²) in [5.41, 5.74) is 8.59. The lowest BCUT2D eigenvalue weighted by Crippen LogP contribution is -2.62. The molecule has 0 aromatic rings. The Labute approximate surface area is 328 Å². The minimum Gasteiger partial charge on any atom is -0.388 e. The number of aliphatic hydroxyl groups is 4. The first-order valence-electron chi connectivity index (χ1n) is 19.5. The topological polar surface area (TPSA) is 173 Å². The first kappa shape index (κ1) is 46.2. The molecule has 306 valence electrons. The minimum atomic E-state index is -1.55. The van der Waals surface area contributed by atoms with Crippen molar-refractivity contribution in [2.75, 3.05) is 19.8 Å². The van der Waals surface area contributed by atoms with Gasteiger partial charge >= 0.3 is 0 Å². The second-order valence-electron chi connectivity index (χ2n) is 15.4. The van der Waals surface area contributed by atoms with Crippen molar-refractivity contribution in [2.24, 2.45) is 17.6 Å². The van der Waals surface area contributed by atoms with Gasteiger partial charge in [-0.1, -0.05) is 129 Å². The number of ether oxygens (including phenoxy) is 4. The van der Waals surface area contributed by atoms with E-state index >= 15 is 0 Å². The molecule has 11 heteroatoms. The number of nitrogens with one attached hydrogen (secondary N) is 1. The predicted molar refractivity (Wildman–Crippen MR) is 217 cm³/mol. The van der Waals surface area contributed by atoms with E-state index in [1.807, 2.05) is 69.4 Å². The Balaban J connectivity index is 1.87. The fourth-order valence-electron chi connectivity index (χ4n) is 6.25. The number of hydrogen-bond acceptors (Lipinski definition) is 10. The van der Waals surface area contributed by atoms with Crippen LogP contribution in [0.4, 0.5) is 0 Å². The molecule has 7 N–H and O–H groups in total. The number of carbonyl (C=O) groups is 1. The van der Waals surface area contributed by atoms with Crippen molar-refractivity contribution < 1.29 is 44.2 Å². The van der Waals surface area contributed by atoms with Crippen LogP contribution in [0, 0.1) is 11.8 Å². The second kappa shape index (κ2) is 22.5. The number of carbonyl (C=O) groups excluding carboxylic acids is 1. The Kier molecular flexibility index (Phi) is 18.9. The summed E-state index contributed by atoms with van der Waals surface area (Å²) in [5, 5.41) is 46.6. The molecular weight excluding hydrogens is 700 g/mol. The van der Waals surface area contributed by atoms with Gasteiger partial charge < -0.3 is 50.4 Å². The SMILES string of the molecule is CC[C@H](C)C/C1=C/C(C)=C\C=C\C=C\[C@@](C)(O)C(OC2OCC(OC3COC(C)[C@H](O)C3O)[C@H](O)C2N)/C=C/C=C/C(C)=C\C=C\C(C)=C/[C@H](C)CNC1=O. The number of rotatable bonds is 7. The lowest BCUT2D eigenvalue weighted by molar-refractivity contribution is -0.279. The van der Waals surface area contributed by atoms with E-state index in [2.05, 4.69) is 32.2 Å². The van der Waals surface area contributed by atoms with Gasteiger partial charge in [-0.15, -0.1) is 0 Å². The van der Waals surface area contributed by atoms with Crippen LogP contribution in [0.25, 0.3) is 0 Å². The first-order valence-corrected chi connectivity index (χ1v) is 19.5. The van der Waals surface area contributed by atoms with Gasteiger partial charge in [0.25, 0.3) is 0 Å². The van der Waals surface area contributed by atoms with Gasteiger partial charge in [0.1, 0.15) is 42.2 Å². The van der Waals surface area contributed by atoms with Crippen molar-refractivity contribution in [3.05, 3.63) is 107 Å². The third-order valence-electron chi connectivity index (χ3n) is 10.0. The Morgan fingerprint density at radius 3 is 2.29 bits per heavy atom. The van der Waals surface area contributed by atoms with Gasteiger partial charge in [0.05, 0.1) is 25.4 Å². The molecule has 7 unspecified atom stereocenters. The highest BCUT2D eigenvalue weighted by atomic mass is 16.7. The number of aliphatic hydroxyl groups excluding tert-OH is 3. The zero-order valence-corrected chi connectivity index (χ0v) is 33.9. The Morgan fingerprint density at radius 1 is 0.891 bits per heavy atom. The van der Waals surface area contributed by atoms with E-state index in [0.29, 0.717) is 18.9 Å². The van der Waals surface area contributed by atoms with Gasteiger partial charge in [-0.3, -0.25) is 4.79 Å². The normalized spacial score (nSPS) is 42.2. The van der Waals surface area contributed by atoms with Crippen LogP contribution in [0.2, 0.25) is 0 Å². The Hall–Kier alpha value is -3.23. The number of nitrogens with two attached hydrogens (primary N) is 1. The van der Waals surface area contributed by atoms with E-state index < -0.39 is 60.7 Å². The van der Waals surface area contributed by atoms with Crippen LogP contribution in [0.15, 0.2) is 107 Å². The summed E-state index contributed by atoms with van der Waals surface area (Å²) in [6.45, 7) is 16.0. The molecule has 2 fully saturated rings. The minimum absolute atomic E-state index is 0.0330.